The molecule has 0 unspecified atom stereocenters. The van der Waals surface area contributed by atoms with Crippen LogP contribution in [-0.4, -0.2) is 20.7 Å². The maximum absolute atomic E-state index is 12.1. The number of benzene rings is 1. The number of allylic oxidation sites excluding steroid dienone is 1. The number of rotatable bonds is 3. The average Bonchev–Trinajstić information content (AvgIpc) is 2.38. The van der Waals surface area contributed by atoms with E-state index in [1.807, 2.05) is 37.3 Å². The van der Waals surface area contributed by atoms with Gasteiger partial charge in [0.2, 0.25) is 0 Å². The SMILES string of the molecule is CCOC(=O)/C(C#C[Si](C)(C)C)=C(/C)c1ccccc1. The number of hydrogen-bond donors (Lipinski definition) is 0. The highest BCUT2D eigenvalue weighted by Crippen LogP contribution is 2.19. The zero-order chi connectivity index (χ0) is 15.2. The van der Waals surface area contributed by atoms with Crippen LogP contribution in [0, 0.1) is 11.5 Å². The van der Waals surface area contributed by atoms with Crippen LogP contribution in [0.3, 0.4) is 0 Å². The fourth-order valence-corrected chi connectivity index (χ4v) is 2.08. The summed E-state index contributed by atoms with van der Waals surface area (Å²) in [5.74, 6) is 2.73. The summed E-state index contributed by atoms with van der Waals surface area (Å²) in [6.45, 7) is 10.5. The van der Waals surface area contributed by atoms with Crippen LogP contribution >= 0.6 is 0 Å². The molecule has 0 saturated heterocycles. The summed E-state index contributed by atoms with van der Waals surface area (Å²) >= 11 is 0. The second-order valence-corrected chi connectivity index (χ2v) is 10.3. The Morgan fingerprint density at radius 2 is 1.80 bits per heavy atom. The van der Waals surface area contributed by atoms with Gasteiger partial charge in [0.15, 0.2) is 0 Å². The summed E-state index contributed by atoms with van der Waals surface area (Å²) < 4.78 is 5.13. The first-order valence-electron chi connectivity index (χ1n) is 6.81. The van der Waals surface area contributed by atoms with E-state index in [9.17, 15) is 4.79 Å². The lowest BCUT2D eigenvalue weighted by atomic mass is 10.0. The fraction of sp³-hybridized carbons (Fsp3) is 0.353. The molecule has 0 atom stereocenters. The van der Waals surface area contributed by atoms with E-state index in [1.54, 1.807) is 6.92 Å². The van der Waals surface area contributed by atoms with E-state index in [1.165, 1.54) is 0 Å². The lowest BCUT2D eigenvalue weighted by Crippen LogP contribution is -2.17. The number of esters is 1. The summed E-state index contributed by atoms with van der Waals surface area (Å²) in [4.78, 5) is 12.1. The molecule has 1 aromatic carbocycles. The van der Waals surface area contributed by atoms with E-state index in [0.717, 1.165) is 11.1 Å². The molecular weight excluding hydrogens is 264 g/mol. The number of hydrogen-bond acceptors (Lipinski definition) is 2. The Morgan fingerprint density at radius 1 is 1.20 bits per heavy atom. The molecule has 0 heterocycles. The van der Waals surface area contributed by atoms with Crippen LogP contribution in [0.4, 0.5) is 0 Å². The number of carbonyl (C=O) groups excluding carboxylic acids is 1. The minimum Gasteiger partial charge on any atom is -0.462 e. The molecule has 1 rings (SSSR count). The van der Waals surface area contributed by atoms with Gasteiger partial charge in [-0.15, -0.1) is 5.54 Å². The van der Waals surface area contributed by atoms with Gasteiger partial charge >= 0.3 is 5.97 Å². The zero-order valence-corrected chi connectivity index (χ0v) is 13.9. The summed E-state index contributed by atoms with van der Waals surface area (Å²) in [6, 6.07) is 9.81. The molecule has 1 aromatic rings. The summed E-state index contributed by atoms with van der Waals surface area (Å²) in [6.07, 6.45) is 0. The molecule has 0 radical (unpaired) electrons. The van der Waals surface area contributed by atoms with Gasteiger partial charge in [-0.25, -0.2) is 4.79 Å². The minimum atomic E-state index is -1.54. The van der Waals surface area contributed by atoms with Gasteiger partial charge in [-0.2, -0.15) is 0 Å². The van der Waals surface area contributed by atoms with Crippen molar-refractivity contribution in [3.63, 3.8) is 0 Å². The van der Waals surface area contributed by atoms with Gasteiger partial charge in [0, 0.05) is 0 Å². The molecule has 20 heavy (non-hydrogen) atoms. The highest BCUT2D eigenvalue weighted by molar-refractivity contribution is 6.84. The molecule has 0 aliphatic rings. The molecular formula is C17H22O2Si. The Bertz CT molecular complexity index is 554. The van der Waals surface area contributed by atoms with E-state index >= 15 is 0 Å². The molecule has 0 saturated carbocycles. The van der Waals surface area contributed by atoms with E-state index in [4.69, 9.17) is 4.74 Å². The van der Waals surface area contributed by atoms with Crippen molar-refractivity contribution in [3.05, 3.63) is 41.5 Å². The van der Waals surface area contributed by atoms with Crippen molar-refractivity contribution in [2.45, 2.75) is 33.5 Å². The maximum Gasteiger partial charge on any atom is 0.346 e. The first-order chi connectivity index (χ1) is 9.35. The van der Waals surface area contributed by atoms with Crippen LogP contribution in [0.1, 0.15) is 19.4 Å². The lowest BCUT2D eigenvalue weighted by Gasteiger charge is -2.08. The van der Waals surface area contributed by atoms with Crippen molar-refractivity contribution in [2.24, 2.45) is 0 Å². The molecule has 2 nitrogen and oxygen atoms in total. The first kappa shape index (κ1) is 16.3. The molecule has 0 amide bonds. The first-order valence-corrected chi connectivity index (χ1v) is 10.3. The second kappa shape index (κ2) is 7.11. The van der Waals surface area contributed by atoms with E-state index in [-0.39, 0.29) is 5.97 Å². The predicted octanol–water partition coefficient (Wildman–Crippen LogP) is 3.90. The van der Waals surface area contributed by atoms with E-state index in [0.29, 0.717) is 12.2 Å². The molecule has 0 N–H and O–H groups in total. The third-order valence-corrected chi connectivity index (χ3v) is 3.50. The summed E-state index contributed by atoms with van der Waals surface area (Å²) in [5, 5.41) is 0. The van der Waals surface area contributed by atoms with E-state index in [2.05, 4.69) is 31.1 Å². The Labute approximate surface area is 122 Å². The van der Waals surface area contributed by atoms with E-state index < -0.39 is 8.07 Å². The molecule has 0 aliphatic heterocycles. The lowest BCUT2D eigenvalue weighted by molar-refractivity contribution is -0.137. The molecule has 0 spiro atoms. The third-order valence-electron chi connectivity index (χ3n) is 2.62. The largest absolute Gasteiger partial charge is 0.462 e. The molecule has 0 fully saturated rings. The monoisotopic (exact) mass is 286 g/mol. The third kappa shape index (κ3) is 5.06. The highest BCUT2D eigenvalue weighted by atomic mass is 28.3. The topological polar surface area (TPSA) is 26.3 Å². The predicted molar refractivity (Wildman–Crippen MR) is 86.8 cm³/mol. The number of carbonyl (C=O) groups is 1. The normalized spacial score (nSPS) is 12.1. The zero-order valence-electron chi connectivity index (χ0n) is 12.9. The molecule has 3 heteroatoms. The van der Waals surface area contributed by atoms with Crippen molar-refractivity contribution in [1.29, 1.82) is 0 Å². The Morgan fingerprint density at radius 3 is 2.30 bits per heavy atom. The van der Waals surface area contributed by atoms with Gasteiger partial charge in [-0.1, -0.05) is 55.9 Å². The Hall–Kier alpha value is -1.79. The average molecular weight is 286 g/mol. The summed E-state index contributed by atoms with van der Waals surface area (Å²) in [5.41, 5.74) is 5.59. The van der Waals surface area contributed by atoms with Crippen LogP contribution in [0.15, 0.2) is 35.9 Å². The molecule has 106 valence electrons. The van der Waals surface area contributed by atoms with Crippen LogP contribution in [-0.2, 0) is 9.53 Å². The quantitative estimate of drug-likeness (QED) is 0.364. The van der Waals surface area contributed by atoms with Crippen LogP contribution in [0.25, 0.3) is 5.57 Å². The Kier molecular flexibility index (Phi) is 5.78. The van der Waals surface area contributed by atoms with Gasteiger partial charge in [-0.05, 0) is 25.0 Å². The van der Waals surface area contributed by atoms with Gasteiger partial charge < -0.3 is 4.74 Å². The fourth-order valence-electron chi connectivity index (χ4n) is 1.58. The van der Waals surface area contributed by atoms with Crippen LogP contribution < -0.4 is 0 Å². The molecule has 0 aliphatic carbocycles. The van der Waals surface area contributed by atoms with Gasteiger partial charge in [0.1, 0.15) is 13.6 Å². The molecule has 0 aromatic heterocycles. The van der Waals surface area contributed by atoms with Crippen LogP contribution in [0.2, 0.25) is 19.6 Å². The minimum absolute atomic E-state index is 0.334. The van der Waals surface area contributed by atoms with Crippen molar-refractivity contribution >= 4 is 19.6 Å². The summed E-state index contributed by atoms with van der Waals surface area (Å²) in [7, 11) is -1.54. The van der Waals surface area contributed by atoms with Crippen LogP contribution in [0.5, 0.6) is 0 Å². The van der Waals surface area contributed by atoms with Gasteiger partial charge in [0.25, 0.3) is 0 Å². The number of ether oxygens (including phenoxy) is 1. The maximum atomic E-state index is 12.1. The van der Waals surface area contributed by atoms with Crippen molar-refractivity contribution in [2.75, 3.05) is 6.61 Å². The highest BCUT2D eigenvalue weighted by Gasteiger charge is 2.15. The van der Waals surface area contributed by atoms with Crippen molar-refractivity contribution in [1.82, 2.24) is 0 Å². The van der Waals surface area contributed by atoms with Crippen molar-refractivity contribution < 1.29 is 9.53 Å². The van der Waals surface area contributed by atoms with Crippen molar-refractivity contribution in [3.8, 4) is 11.5 Å². The van der Waals surface area contributed by atoms with Gasteiger partial charge in [0.05, 0.1) is 6.61 Å². The smallest absolute Gasteiger partial charge is 0.346 e. The standard InChI is InChI=1S/C17H22O2Si/c1-6-19-17(18)16(12-13-20(3,4)5)14(2)15-10-8-7-9-11-15/h7-11H,6H2,1-5H3/b16-14-. The second-order valence-electron chi connectivity index (χ2n) is 5.59. The van der Waals surface area contributed by atoms with Gasteiger partial charge in [-0.3, -0.25) is 0 Å². The Balaban J connectivity index is 3.29. The molecule has 0 bridgehead atoms.